The highest BCUT2D eigenvalue weighted by molar-refractivity contribution is 9.11. The molecule has 19 heavy (non-hydrogen) atoms. The Morgan fingerprint density at radius 1 is 1.11 bits per heavy atom. The first-order valence-corrected chi connectivity index (χ1v) is 7.27. The molecule has 0 saturated heterocycles. The molecule has 0 fully saturated rings. The molecule has 0 unspecified atom stereocenters. The van der Waals surface area contributed by atoms with E-state index < -0.39 is 0 Å². The molecule has 0 nitrogen and oxygen atoms in total. The molecule has 0 amide bonds. The van der Waals surface area contributed by atoms with E-state index in [2.05, 4.69) is 48.2 Å². The fourth-order valence-corrected chi connectivity index (χ4v) is 1.63. The van der Waals surface area contributed by atoms with Crippen LogP contribution in [0.1, 0.15) is 38.8 Å². The van der Waals surface area contributed by atoms with Crippen molar-refractivity contribution in [3.63, 3.8) is 0 Å². The Balaban J connectivity index is 0.00000154. The topological polar surface area (TPSA) is 0 Å². The molecule has 0 aliphatic heterocycles. The van der Waals surface area contributed by atoms with Gasteiger partial charge in [-0.25, -0.2) is 0 Å². The van der Waals surface area contributed by atoms with Gasteiger partial charge in [0.05, 0.1) is 0 Å². The minimum atomic E-state index is 1.03. The van der Waals surface area contributed by atoms with Crippen LogP contribution >= 0.6 is 15.9 Å². The van der Waals surface area contributed by atoms with Gasteiger partial charge in [0.2, 0.25) is 0 Å². The summed E-state index contributed by atoms with van der Waals surface area (Å²) >= 11 is 3.41. The molecular formula is C18H23Br. The normalized spacial score (nSPS) is 11.4. The lowest BCUT2D eigenvalue weighted by Gasteiger charge is -2.09. The van der Waals surface area contributed by atoms with Gasteiger partial charge in [0.1, 0.15) is 0 Å². The molecule has 1 aromatic rings. The lowest BCUT2D eigenvalue weighted by Crippen LogP contribution is -1.88. The molecule has 0 heterocycles. The van der Waals surface area contributed by atoms with Gasteiger partial charge in [-0.3, -0.25) is 0 Å². The van der Waals surface area contributed by atoms with E-state index in [1.54, 1.807) is 0 Å². The lowest BCUT2D eigenvalue weighted by atomic mass is 9.95. The summed E-state index contributed by atoms with van der Waals surface area (Å²) in [5.41, 5.74) is 4.44. The third kappa shape index (κ3) is 5.89. The fourth-order valence-electron chi connectivity index (χ4n) is 1.50. The average molecular weight is 319 g/mol. The van der Waals surface area contributed by atoms with Gasteiger partial charge >= 0.3 is 0 Å². The molecule has 0 aliphatic carbocycles. The molecule has 0 N–H and O–H groups in total. The van der Waals surface area contributed by atoms with Crippen LogP contribution in [0.5, 0.6) is 0 Å². The van der Waals surface area contributed by atoms with Gasteiger partial charge in [-0.05, 0) is 40.6 Å². The van der Waals surface area contributed by atoms with Crippen LogP contribution in [-0.4, -0.2) is 0 Å². The first-order valence-electron chi connectivity index (χ1n) is 6.48. The Morgan fingerprint density at radius 3 is 2.21 bits per heavy atom. The van der Waals surface area contributed by atoms with Crippen LogP contribution in [0.3, 0.4) is 0 Å². The zero-order chi connectivity index (χ0) is 14.8. The number of benzene rings is 1. The van der Waals surface area contributed by atoms with Gasteiger partial charge in [-0.2, -0.15) is 0 Å². The van der Waals surface area contributed by atoms with Crippen LogP contribution in [-0.2, 0) is 0 Å². The van der Waals surface area contributed by atoms with Gasteiger partial charge in [-0.15, -0.1) is 0 Å². The Hall–Kier alpha value is -1.34. The van der Waals surface area contributed by atoms with E-state index in [1.165, 1.54) is 0 Å². The highest BCUT2D eigenvalue weighted by atomic mass is 79.9. The summed E-state index contributed by atoms with van der Waals surface area (Å²) in [7, 11) is 0. The first-order chi connectivity index (χ1) is 9.06. The zero-order valence-corrected chi connectivity index (χ0v) is 13.9. The summed E-state index contributed by atoms with van der Waals surface area (Å²) in [5.74, 6) is 0. The van der Waals surface area contributed by atoms with E-state index in [4.69, 9.17) is 0 Å². The molecule has 0 aromatic heterocycles. The molecule has 0 atom stereocenters. The summed E-state index contributed by atoms with van der Waals surface area (Å²) in [6, 6.07) is 8.15. The third-order valence-corrected chi connectivity index (χ3v) is 2.81. The Morgan fingerprint density at radius 2 is 1.68 bits per heavy atom. The van der Waals surface area contributed by atoms with Crippen molar-refractivity contribution < 1.29 is 0 Å². The fraction of sp³-hybridized carbons (Fsp3) is 0.222. The van der Waals surface area contributed by atoms with Crippen molar-refractivity contribution in [1.29, 1.82) is 0 Å². The van der Waals surface area contributed by atoms with E-state index in [9.17, 15) is 0 Å². The van der Waals surface area contributed by atoms with Gasteiger partial charge < -0.3 is 0 Å². The monoisotopic (exact) mass is 318 g/mol. The highest BCUT2D eigenvalue weighted by Crippen LogP contribution is 2.25. The number of rotatable bonds is 4. The van der Waals surface area contributed by atoms with Crippen LogP contribution in [0.25, 0.3) is 11.6 Å². The number of halogens is 1. The zero-order valence-electron chi connectivity index (χ0n) is 12.3. The maximum absolute atomic E-state index is 4.15. The smallest absolute Gasteiger partial charge is 0.00803 e. The van der Waals surface area contributed by atoms with Crippen LogP contribution in [0, 0.1) is 0 Å². The second-order valence-corrected chi connectivity index (χ2v) is 5.12. The Labute approximate surface area is 126 Å². The molecular weight excluding hydrogens is 296 g/mol. The minimum Gasteiger partial charge on any atom is -0.0984 e. The SMILES string of the molecule is C=Cc1ccccc1C(=C)/C(C)=C/C=C(\C)Br.CC. The lowest BCUT2D eigenvalue weighted by molar-refractivity contribution is 1.48. The van der Waals surface area contributed by atoms with Gasteiger partial charge in [0, 0.05) is 0 Å². The van der Waals surface area contributed by atoms with Crippen molar-refractivity contribution >= 4 is 27.6 Å². The van der Waals surface area contributed by atoms with E-state index in [-0.39, 0.29) is 0 Å². The summed E-state index contributed by atoms with van der Waals surface area (Å²) in [6.45, 7) is 16.0. The Bertz CT molecular complexity index is 486. The summed E-state index contributed by atoms with van der Waals surface area (Å²) < 4.78 is 1.10. The third-order valence-electron chi connectivity index (χ3n) is 2.54. The average Bonchev–Trinajstić information content (AvgIpc) is 2.45. The molecule has 1 aromatic carbocycles. The minimum absolute atomic E-state index is 1.03. The second-order valence-electron chi connectivity index (χ2n) is 3.87. The Kier molecular flexibility index (Phi) is 8.90. The molecule has 1 heteroatoms. The molecule has 0 radical (unpaired) electrons. The van der Waals surface area contributed by atoms with Crippen molar-refractivity contribution in [1.82, 2.24) is 0 Å². The second kappa shape index (κ2) is 9.57. The standard InChI is InChI=1S/C16H17Br.C2H6/c1-5-15-8-6-7-9-16(15)14(4)12(2)10-11-13(3)17;1-2/h5-11H,1,4H2,2-3H3;1-2H3/b12-10+,13-11+;. The van der Waals surface area contributed by atoms with Crippen molar-refractivity contribution in [2.75, 3.05) is 0 Å². The summed E-state index contributed by atoms with van der Waals surface area (Å²) in [4.78, 5) is 0. The first kappa shape index (κ1) is 17.7. The van der Waals surface area contributed by atoms with E-state index in [1.807, 2.05) is 51.1 Å². The molecule has 0 spiro atoms. The predicted molar refractivity (Wildman–Crippen MR) is 93.4 cm³/mol. The maximum atomic E-state index is 4.15. The molecule has 0 saturated carbocycles. The van der Waals surface area contributed by atoms with Crippen LogP contribution < -0.4 is 0 Å². The van der Waals surface area contributed by atoms with E-state index in [0.29, 0.717) is 0 Å². The highest BCUT2D eigenvalue weighted by Gasteiger charge is 2.03. The van der Waals surface area contributed by atoms with Gasteiger partial charge in [-0.1, -0.05) is 85.4 Å². The molecule has 0 bridgehead atoms. The predicted octanol–water partition coefficient (Wildman–Crippen LogP) is 6.61. The van der Waals surface area contributed by atoms with Crippen molar-refractivity contribution in [3.05, 3.63) is 70.8 Å². The van der Waals surface area contributed by atoms with Crippen molar-refractivity contribution in [3.8, 4) is 0 Å². The van der Waals surface area contributed by atoms with Gasteiger partial charge in [0.25, 0.3) is 0 Å². The van der Waals surface area contributed by atoms with Gasteiger partial charge in [0.15, 0.2) is 0 Å². The van der Waals surface area contributed by atoms with Crippen molar-refractivity contribution in [2.45, 2.75) is 27.7 Å². The van der Waals surface area contributed by atoms with Crippen LogP contribution in [0.4, 0.5) is 0 Å². The largest absolute Gasteiger partial charge is 0.0984 e. The number of hydrogen-bond acceptors (Lipinski definition) is 0. The summed E-state index contributed by atoms with van der Waals surface area (Å²) in [5, 5.41) is 0. The number of hydrogen-bond donors (Lipinski definition) is 0. The molecule has 102 valence electrons. The maximum Gasteiger partial charge on any atom is -0.00803 e. The molecule has 0 aliphatic rings. The van der Waals surface area contributed by atoms with E-state index in [0.717, 1.165) is 26.8 Å². The quantitative estimate of drug-likeness (QED) is 0.547. The van der Waals surface area contributed by atoms with Crippen LogP contribution in [0.2, 0.25) is 0 Å². The number of allylic oxidation sites excluding steroid dienone is 5. The summed E-state index contributed by atoms with van der Waals surface area (Å²) in [6.07, 6.45) is 5.95. The van der Waals surface area contributed by atoms with Crippen molar-refractivity contribution in [2.24, 2.45) is 0 Å². The van der Waals surface area contributed by atoms with Crippen LogP contribution in [0.15, 0.2) is 59.6 Å². The van der Waals surface area contributed by atoms with E-state index >= 15 is 0 Å². The molecule has 1 rings (SSSR count).